The molecule has 0 saturated carbocycles. The number of nitrogens with one attached hydrogen (secondary N) is 1. The number of urea groups is 1. The summed E-state index contributed by atoms with van der Waals surface area (Å²) in [5.41, 5.74) is 2.29. The number of carbonyl (C=O) groups excluding carboxylic acids is 2. The largest absolute Gasteiger partial charge is 0.372 e. The van der Waals surface area contributed by atoms with Crippen molar-refractivity contribution in [3.8, 4) is 0 Å². The third-order valence-electron chi connectivity index (χ3n) is 6.47. The number of benzene rings is 2. The highest BCUT2D eigenvalue weighted by atomic mass is 16.2. The van der Waals surface area contributed by atoms with Crippen molar-refractivity contribution in [1.82, 2.24) is 15.1 Å². The fraction of sp³-hybridized carbons (Fsp3) is 0.440. The van der Waals surface area contributed by atoms with E-state index in [2.05, 4.69) is 34.5 Å². The molecule has 2 fully saturated rings. The molecule has 31 heavy (non-hydrogen) atoms. The second-order valence-corrected chi connectivity index (χ2v) is 8.66. The zero-order valence-electron chi connectivity index (χ0n) is 18.5. The van der Waals surface area contributed by atoms with Gasteiger partial charge in [-0.2, -0.15) is 0 Å². The molecule has 6 heteroatoms. The van der Waals surface area contributed by atoms with Gasteiger partial charge in [-0.15, -0.1) is 0 Å². The fourth-order valence-corrected chi connectivity index (χ4v) is 4.68. The topological polar surface area (TPSA) is 55.9 Å². The van der Waals surface area contributed by atoms with Gasteiger partial charge in [-0.25, -0.2) is 9.69 Å². The van der Waals surface area contributed by atoms with E-state index in [-0.39, 0.29) is 18.6 Å². The zero-order valence-corrected chi connectivity index (χ0v) is 18.5. The van der Waals surface area contributed by atoms with E-state index >= 15 is 0 Å². The summed E-state index contributed by atoms with van der Waals surface area (Å²) in [6.07, 6.45) is 4.36. The monoisotopic (exact) mass is 420 g/mol. The molecule has 164 valence electrons. The highest BCUT2D eigenvalue weighted by Crippen LogP contribution is 2.32. The Labute approximate surface area is 184 Å². The molecule has 1 N–H and O–H groups in total. The maximum Gasteiger partial charge on any atom is 0.326 e. The first-order valence-corrected chi connectivity index (χ1v) is 11.3. The standard InChI is InChI=1S/C25H32N4O2/c1-3-25(21-10-6-4-7-11-21)23(30)29(24(31)26-25)19-27(2)18-20-12-14-22(15-13-20)28-16-8-5-9-17-28/h4,6-7,10-15H,3,5,8-9,16-19H2,1-2H3,(H,26,31)/t25-/m0/s1. The van der Waals surface area contributed by atoms with Crippen LogP contribution in [0.15, 0.2) is 54.6 Å². The van der Waals surface area contributed by atoms with Crippen LogP contribution >= 0.6 is 0 Å². The predicted octanol–water partition coefficient (Wildman–Crippen LogP) is 3.92. The molecule has 2 heterocycles. The lowest BCUT2D eigenvalue weighted by Crippen LogP contribution is -2.44. The third-order valence-corrected chi connectivity index (χ3v) is 6.47. The maximum atomic E-state index is 13.3. The zero-order chi connectivity index (χ0) is 21.8. The molecule has 0 bridgehead atoms. The first-order valence-electron chi connectivity index (χ1n) is 11.3. The Morgan fingerprint density at radius 3 is 2.29 bits per heavy atom. The van der Waals surface area contributed by atoms with Gasteiger partial charge in [0.25, 0.3) is 5.91 Å². The quantitative estimate of drug-likeness (QED) is 0.690. The molecule has 4 rings (SSSR count). The number of hydrogen-bond acceptors (Lipinski definition) is 4. The molecule has 0 spiro atoms. The van der Waals surface area contributed by atoms with Gasteiger partial charge >= 0.3 is 6.03 Å². The van der Waals surface area contributed by atoms with Crippen LogP contribution in [0.25, 0.3) is 0 Å². The average Bonchev–Trinajstić information content (AvgIpc) is 3.06. The molecule has 2 saturated heterocycles. The number of amides is 3. The number of imide groups is 1. The normalized spacial score (nSPS) is 21.6. The lowest BCUT2D eigenvalue weighted by atomic mass is 9.87. The van der Waals surface area contributed by atoms with Gasteiger partial charge in [0.1, 0.15) is 5.54 Å². The summed E-state index contributed by atoms with van der Waals surface area (Å²) < 4.78 is 0. The highest BCUT2D eigenvalue weighted by Gasteiger charge is 2.51. The highest BCUT2D eigenvalue weighted by molar-refractivity contribution is 6.07. The van der Waals surface area contributed by atoms with Crippen LogP contribution < -0.4 is 10.2 Å². The molecule has 0 radical (unpaired) electrons. The average molecular weight is 421 g/mol. The number of hydrogen-bond donors (Lipinski definition) is 1. The van der Waals surface area contributed by atoms with Gasteiger partial charge in [0.15, 0.2) is 0 Å². The van der Waals surface area contributed by atoms with E-state index in [0.29, 0.717) is 13.0 Å². The second-order valence-electron chi connectivity index (χ2n) is 8.66. The van der Waals surface area contributed by atoms with Crippen molar-refractivity contribution in [2.45, 2.75) is 44.7 Å². The molecular formula is C25H32N4O2. The van der Waals surface area contributed by atoms with E-state index < -0.39 is 5.54 Å². The first kappa shape index (κ1) is 21.4. The van der Waals surface area contributed by atoms with Crippen LogP contribution in [-0.4, -0.2) is 48.5 Å². The van der Waals surface area contributed by atoms with Crippen molar-refractivity contribution in [1.29, 1.82) is 0 Å². The summed E-state index contributed by atoms with van der Waals surface area (Å²) in [6, 6.07) is 17.8. The van der Waals surface area contributed by atoms with Crippen molar-refractivity contribution in [3.63, 3.8) is 0 Å². The third kappa shape index (κ3) is 4.30. The SMILES string of the molecule is CC[C@@]1(c2ccccc2)NC(=O)N(CN(C)Cc2ccc(N3CCCCC3)cc2)C1=O. The number of nitrogens with zero attached hydrogens (tertiary/aromatic N) is 3. The van der Waals surface area contributed by atoms with Crippen molar-refractivity contribution < 1.29 is 9.59 Å². The summed E-state index contributed by atoms with van der Waals surface area (Å²) in [5.74, 6) is -0.182. The molecular weight excluding hydrogens is 388 g/mol. The maximum absolute atomic E-state index is 13.3. The van der Waals surface area contributed by atoms with Crippen LogP contribution in [0.5, 0.6) is 0 Å². The Morgan fingerprint density at radius 1 is 0.968 bits per heavy atom. The van der Waals surface area contributed by atoms with E-state index in [0.717, 1.165) is 18.7 Å². The Morgan fingerprint density at radius 2 is 1.65 bits per heavy atom. The molecule has 2 aliphatic rings. The van der Waals surface area contributed by atoms with Gasteiger partial charge in [-0.3, -0.25) is 9.69 Å². The Kier molecular flexibility index (Phi) is 6.28. The van der Waals surface area contributed by atoms with E-state index in [1.807, 2.05) is 49.2 Å². The molecule has 0 unspecified atom stereocenters. The van der Waals surface area contributed by atoms with Crippen molar-refractivity contribution >= 4 is 17.6 Å². The van der Waals surface area contributed by atoms with Gasteiger partial charge in [-0.05, 0) is 56.0 Å². The first-order chi connectivity index (χ1) is 15.0. The van der Waals surface area contributed by atoms with Gasteiger partial charge in [0.2, 0.25) is 0 Å². The minimum absolute atomic E-state index is 0.182. The number of piperidine rings is 1. The number of rotatable bonds is 7. The molecule has 2 aliphatic heterocycles. The van der Waals surface area contributed by atoms with Crippen molar-refractivity contribution in [3.05, 3.63) is 65.7 Å². The van der Waals surface area contributed by atoms with Gasteiger partial charge in [0.05, 0.1) is 6.67 Å². The minimum Gasteiger partial charge on any atom is -0.372 e. The van der Waals surface area contributed by atoms with Crippen LogP contribution in [0, 0.1) is 0 Å². The van der Waals surface area contributed by atoms with E-state index in [9.17, 15) is 9.59 Å². The Bertz CT molecular complexity index is 909. The molecule has 3 amide bonds. The van der Waals surface area contributed by atoms with E-state index in [4.69, 9.17) is 0 Å². The van der Waals surface area contributed by atoms with Crippen molar-refractivity contribution in [2.24, 2.45) is 0 Å². The number of carbonyl (C=O) groups is 2. The van der Waals surface area contributed by atoms with Crippen LogP contribution in [0.2, 0.25) is 0 Å². The summed E-state index contributed by atoms with van der Waals surface area (Å²) >= 11 is 0. The van der Waals surface area contributed by atoms with Crippen LogP contribution in [0.1, 0.15) is 43.7 Å². The van der Waals surface area contributed by atoms with Crippen LogP contribution in [0.3, 0.4) is 0 Å². The number of anilines is 1. The second kappa shape index (κ2) is 9.10. The summed E-state index contributed by atoms with van der Waals surface area (Å²) in [4.78, 5) is 31.8. The van der Waals surface area contributed by atoms with Gasteiger partial charge in [0, 0.05) is 25.3 Å². The van der Waals surface area contributed by atoms with Crippen molar-refractivity contribution in [2.75, 3.05) is 31.7 Å². The Balaban J connectivity index is 1.41. The summed E-state index contributed by atoms with van der Waals surface area (Å²) in [7, 11) is 1.94. The smallest absolute Gasteiger partial charge is 0.326 e. The van der Waals surface area contributed by atoms with Crippen LogP contribution in [-0.2, 0) is 16.9 Å². The molecule has 1 atom stereocenters. The van der Waals surface area contributed by atoms with Gasteiger partial charge in [-0.1, -0.05) is 49.4 Å². The lowest BCUT2D eigenvalue weighted by molar-refractivity contribution is -0.133. The molecule has 6 nitrogen and oxygen atoms in total. The lowest BCUT2D eigenvalue weighted by Gasteiger charge is -2.29. The predicted molar refractivity (Wildman–Crippen MR) is 123 cm³/mol. The molecule has 0 aromatic heterocycles. The fourth-order valence-electron chi connectivity index (χ4n) is 4.68. The summed E-state index contributed by atoms with van der Waals surface area (Å²) in [5, 5.41) is 2.95. The van der Waals surface area contributed by atoms with E-state index in [1.165, 1.54) is 35.4 Å². The van der Waals surface area contributed by atoms with E-state index in [1.54, 1.807) is 0 Å². The molecule has 0 aliphatic carbocycles. The van der Waals surface area contributed by atoms with Crippen LogP contribution in [0.4, 0.5) is 10.5 Å². The summed E-state index contributed by atoms with van der Waals surface area (Å²) in [6.45, 7) is 5.12. The minimum atomic E-state index is -0.977. The van der Waals surface area contributed by atoms with Gasteiger partial charge < -0.3 is 10.2 Å². The molecule has 2 aromatic rings. The molecule has 2 aromatic carbocycles. The Hall–Kier alpha value is -2.86.